The molecule has 0 aliphatic heterocycles. The van der Waals surface area contributed by atoms with Gasteiger partial charge in [0.15, 0.2) is 0 Å². The first-order chi connectivity index (χ1) is 6.76. The van der Waals surface area contributed by atoms with Crippen molar-refractivity contribution in [2.24, 2.45) is 5.73 Å². The van der Waals surface area contributed by atoms with Crippen molar-refractivity contribution in [3.63, 3.8) is 0 Å². The van der Waals surface area contributed by atoms with Gasteiger partial charge in [0, 0.05) is 20.8 Å². The van der Waals surface area contributed by atoms with Crippen molar-refractivity contribution < 1.29 is 9.47 Å². The van der Waals surface area contributed by atoms with E-state index in [1.807, 2.05) is 0 Å². The number of rotatable bonds is 8. The van der Waals surface area contributed by atoms with Crippen LogP contribution in [0.15, 0.2) is 11.1 Å². The van der Waals surface area contributed by atoms with Crippen molar-refractivity contribution in [2.45, 2.75) is 26.2 Å². The van der Waals surface area contributed by atoms with Crippen LogP contribution in [0.5, 0.6) is 0 Å². The van der Waals surface area contributed by atoms with Crippen molar-refractivity contribution in [2.75, 3.05) is 34.0 Å². The Morgan fingerprint density at radius 3 is 2.36 bits per heavy atom. The van der Waals surface area contributed by atoms with Gasteiger partial charge in [-0.1, -0.05) is 5.57 Å². The smallest absolute Gasteiger partial charge is 0.0675 e. The molecule has 0 unspecified atom stereocenters. The molecule has 0 aromatic rings. The SMILES string of the molecule is COCCC(C)=C(CCCN)COC. The molecule has 0 radical (unpaired) electrons. The highest BCUT2D eigenvalue weighted by atomic mass is 16.5. The summed E-state index contributed by atoms with van der Waals surface area (Å²) in [7, 11) is 3.45. The van der Waals surface area contributed by atoms with Crippen molar-refractivity contribution in [3.8, 4) is 0 Å². The molecular formula is C11H23NO2. The molecule has 0 saturated heterocycles. The zero-order chi connectivity index (χ0) is 10.8. The third kappa shape index (κ3) is 6.13. The Labute approximate surface area is 87.3 Å². The second-order valence-electron chi connectivity index (χ2n) is 3.45. The maximum Gasteiger partial charge on any atom is 0.0675 e. The summed E-state index contributed by atoms with van der Waals surface area (Å²) < 4.78 is 10.2. The first kappa shape index (κ1) is 13.6. The lowest BCUT2D eigenvalue weighted by molar-refractivity contribution is 0.199. The van der Waals surface area contributed by atoms with Crippen LogP contribution in [0.4, 0.5) is 0 Å². The number of hydrogen-bond donors (Lipinski definition) is 1. The minimum Gasteiger partial charge on any atom is -0.384 e. The number of methoxy groups -OCH3 is 2. The molecule has 0 aliphatic carbocycles. The topological polar surface area (TPSA) is 44.5 Å². The molecule has 3 heteroatoms. The molecule has 0 aromatic heterocycles. The summed E-state index contributed by atoms with van der Waals surface area (Å²) >= 11 is 0. The van der Waals surface area contributed by atoms with Crippen LogP contribution < -0.4 is 5.73 Å². The average Bonchev–Trinajstić information content (AvgIpc) is 2.20. The van der Waals surface area contributed by atoms with Gasteiger partial charge in [-0.2, -0.15) is 0 Å². The molecule has 0 atom stereocenters. The fourth-order valence-electron chi connectivity index (χ4n) is 1.33. The molecule has 0 amide bonds. The monoisotopic (exact) mass is 201 g/mol. The molecule has 0 rings (SSSR count). The molecule has 2 N–H and O–H groups in total. The van der Waals surface area contributed by atoms with E-state index in [1.165, 1.54) is 11.1 Å². The zero-order valence-corrected chi connectivity index (χ0v) is 9.64. The van der Waals surface area contributed by atoms with Gasteiger partial charge in [-0.05, 0) is 38.3 Å². The third-order valence-corrected chi connectivity index (χ3v) is 2.29. The number of ether oxygens (including phenoxy) is 2. The van der Waals surface area contributed by atoms with Gasteiger partial charge in [0.1, 0.15) is 0 Å². The lowest BCUT2D eigenvalue weighted by atomic mass is 10.0. The van der Waals surface area contributed by atoms with Crippen LogP contribution in [0.3, 0.4) is 0 Å². The minimum absolute atomic E-state index is 0.718. The summed E-state index contributed by atoms with van der Waals surface area (Å²) in [6.07, 6.45) is 3.06. The predicted molar refractivity (Wildman–Crippen MR) is 59.4 cm³/mol. The van der Waals surface area contributed by atoms with E-state index in [0.717, 1.165) is 39.0 Å². The van der Waals surface area contributed by atoms with Gasteiger partial charge >= 0.3 is 0 Å². The van der Waals surface area contributed by atoms with Crippen LogP contribution in [0, 0.1) is 0 Å². The molecular weight excluding hydrogens is 178 g/mol. The van der Waals surface area contributed by atoms with Gasteiger partial charge in [0.2, 0.25) is 0 Å². The van der Waals surface area contributed by atoms with E-state index in [-0.39, 0.29) is 0 Å². The Bertz CT molecular complexity index is 167. The summed E-state index contributed by atoms with van der Waals surface area (Å²) in [6, 6.07) is 0. The van der Waals surface area contributed by atoms with Crippen molar-refractivity contribution >= 4 is 0 Å². The van der Waals surface area contributed by atoms with E-state index in [2.05, 4.69) is 6.92 Å². The maximum absolute atomic E-state index is 5.49. The van der Waals surface area contributed by atoms with Crippen LogP contribution in [0.2, 0.25) is 0 Å². The first-order valence-corrected chi connectivity index (χ1v) is 5.11. The standard InChI is InChI=1S/C11H23NO2/c1-10(6-8-13-2)11(9-14-3)5-4-7-12/h4-9,12H2,1-3H3. The fraction of sp³-hybridized carbons (Fsp3) is 0.818. The molecule has 3 nitrogen and oxygen atoms in total. The Balaban J connectivity index is 4.10. The van der Waals surface area contributed by atoms with Crippen LogP contribution in [-0.4, -0.2) is 34.0 Å². The summed E-state index contributed by atoms with van der Waals surface area (Å²) in [4.78, 5) is 0. The maximum atomic E-state index is 5.49. The zero-order valence-electron chi connectivity index (χ0n) is 9.64. The molecule has 0 aromatic carbocycles. The Morgan fingerprint density at radius 1 is 1.14 bits per heavy atom. The molecule has 84 valence electrons. The van der Waals surface area contributed by atoms with Gasteiger partial charge in [-0.25, -0.2) is 0 Å². The van der Waals surface area contributed by atoms with Crippen LogP contribution >= 0.6 is 0 Å². The van der Waals surface area contributed by atoms with Crippen molar-refractivity contribution in [1.29, 1.82) is 0 Å². The second kappa shape index (κ2) is 9.19. The van der Waals surface area contributed by atoms with Gasteiger partial charge in [-0.3, -0.25) is 0 Å². The quantitative estimate of drug-likeness (QED) is 0.608. The fourth-order valence-corrected chi connectivity index (χ4v) is 1.33. The Kier molecular flexibility index (Phi) is 8.94. The van der Waals surface area contributed by atoms with Crippen molar-refractivity contribution in [3.05, 3.63) is 11.1 Å². The number of hydrogen-bond acceptors (Lipinski definition) is 3. The van der Waals surface area contributed by atoms with Crippen LogP contribution in [0.1, 0.15) is 26.2 Å². The Hall–Kier alpha value is -0.380. The highest BCUT2D eigenvalue weighted by molar-refractivity contribution is 5.12. The number of nitrogens with two attached hydrogens (primary N) is 1. The largest absolute Gasteiger partial charge is 0.384 e. The third-order valence-electron chi connectivity index (χ3n) is 2.29. The Morgan fingerprint density at radius 2 is 1.86 bits per heavy atom. The molecule has 14 heavy (non-hydrogen) atoms. The molecule has 0 bridgehead atoms. The highest BCUT2D eigenvalue weighted by Crippen LogP contribution is 2.14. The van der Waals surface area contributed by atoms with Crippen LogP contribution in [-0.2, 0) is 9.47 Å². The summed E-state index contributed by atoms with van der Waals surface area (Å²) in [5.41, 5.74) is 8.23. The lowest BCUT2D eigenvalue weighted by Crippen LogP contribution is -2.04. The molecule has 0 saturated carbocycles. The van der Waals surface area contributed by atoms with Crippen molar-refractivity contribution in [1.82, 2.24) is 0 Å². The first-order valence-electron chi connectivity index (χ1n) is 5.11. The highest BCUT2D eigenvalue weighted by Gasteiger charge is 2.02. The summed E-state index contributed by atoms with van der Waals surface area (Å²) in [5.74, 6) is 0. The van der Waals surface area contributed by atoms with E-state index >= 15 is 0 Å². The summed E-state index contributed by atoms with van der Waals surface area (Å²) in [6.45, 7) is 4.38. The van der Waals surface area contributed by atoms with Gasteiger partial charge in [-0.15, -0.1) is 0 Å². The molecule has 0 heterocycles. The minimum atomic E-state index is 0.718. The second-order valence-corrected chi connectivity index (χ2v) is 3.45. The van der Waals surface area contributed by atoms with E-state index in [9.17, 15) is 0 Å². The lowest BCUT2D eigenvalue weighted by Gasteiger charge is -2.11. The van der Waals surface area contributed by atoms with Gasteiger partial charge in [0.25, 0.3) is 0 Å². The predicted octanol–water partition coefficient (Wildman–Crippen LogP) is 1.72. The van der Waals surface area contributed by atoms with Gasteiger partial charge in [0.05, 0.1) is 6.61 Å². The molecule has 0 fully saturated rings. The normalized spacial score (nSPS) is 12.9. The molecule has 0 aliphatic rings. The van der Waals surface area contributed by atoms with E-state index in [0.29, 0.717) is 0 Å². The van der Waals surface area contributed by atoms with E-state index in [1.54, 1.807) is 14.2 Å². The van der Waals surface area contributed by atoms with E-state index < -0.39 is 0 Å². The van der Waals surface area contributed by atoms with Gasteiger partial charge < -0.3 is 15.2 Å². The summed E-state index contributed by atoms with van der Waals surface area (Å²) in [5, 5.41) is 0. The van der Waals surface area contributed by atoms with E-state index in [4.69, 9.17) is 15.2 Å². The average molecular weight is 201 g/mol. The van der Waals surface area contributed by atoms with Crippen LogP contribution in [0.25, 0.3) is 0 Å². The molecule has 0 spiro atoms.